The van der Waals surface area contributed by atoms with Crippen LogP contribution in [0.2, 0.25) is 0 Å². The molecular weight excluding hydrogens is 270 g/mol. The summed E-state index contributed by atoms with van der Waals surface area (Å²) in [5.41, 5.74) is 0.225. The number of hydrogen-bond donors (Lipinski definition) is 0. The van der Waals surface area contributed by atoms with Gasteiger partial charge in [-0.05, 0) is 18.1 Å². The molecule has 0 amide bonds. The van der Waals surface area contributed by atoms with E-state index in [9.17, 15) is 15.8 Å². The molecule has 0 radical (unpaired) electrons. The zero-order chi connectivity index (χ0) is 15.8. The van der Waals surface area contributed by atoms with E-state index < -0.39 is 16.7 Å². The molecule has 0 aromatic heterocycles. The van der Waals surface area contributed by atoms with Crippen LogP contribution in [0.15, 0.2) is 54.6 Å². The number of rotatable bonds is 2. The fourth-order valence-electron chi connectivity index (χ4n) is 3.38. The SMILES string of the molecule is Cc1ccc([C@]2(C#N)[C@@H](c3ccccc3)C2(C#N)C#N)cc1. The van der Waals surface area contributed by atoms with Crippen molar-refractivity contribution in [2.24, 2.45) is 5.41 Å². The van der Waals surface area contributed by atoms with Crippen molar-refractivity contribution in [3.63, 3.8) is 0 Å². The first-order valence-electron chi connectivity index (χ1n) is 7.02. The highest BCUT2D eigenvalue weighted by Gasteiger charge is 2.81. The van der Waals surface area contributed by atoms with Crippen LogP contribution in [-0.2, 0) is 5.41 Å². The molecule has 1 fully saturated rings. The topological polar surface area (TPSA) is 71.4 Å². The molecule has 22 heavy (non-hydrogen) atoms. The lowest BCUT2D eigenvalue weighted by Gasteiger charge is -2.10. The molecule has 3 heteroatoms. The molecule has 0 N–H and O–H groups in total. The average molecular weight is 283 g/mol. The first-order chi connectivity index (χ1) is 10.7. The largest absolute Gasteiger partial charge is 0.197 e. The van der Waals surface area contributed by atoms with Gasteiger partial charge in [0.05, 0.1) is 18.2 Å². The van der Waals surface area contributed by atoms with E-state index in [1.807, 2.05) is 61.5 Å². The molecule has 1 aliphatic carbocycles. The van der Waals surface area contributed by atoms with Gasteiger partial charge in [-0.1, -0.05) is 60.2 Å². The molecular formula is C19H13N3. The second-order valence-corrected chi connectivity index (χ2v) is 5.66. The quantitative estimate of drug-likeness (QED) is 0.845. The van der Waals surface area contributed by atoms with E-state index in [1.54, 1.807) is 0 Å². The number of hydrogen-bond acceptors (Lipinski definition) is 3. The van der Waals surface area contributed by atoms with Crippen LogP contribution in [0.5, 0.6) is 0 Å². The van der Waals surface area contributed by atoms with Crippen LogP contribution in [0.3, 0.4) is 0 Å². The van der Waals surface area contributed by atoms with Gasteiger partial charge in [0.15, 0.2) is 5.41 Å². The summed E-state index contributed by atoms with van der Waals surface area (Å²) in [4.78, 5) is 0. The van der Waals surface area contributed by atoms with Gasteiger partial charge < -0.3 is 0 Å². The summed E-state index contributed by atoms with van der Waals surface area (Å²) >= 11 is 0. The van der Waals surface area contributed by atoms with Gasteiger partial charge >= 0.3 is 0 Å². The molecule has 1 saturated carbocycles. The van der Waals surface area contributed by atoms with E-state index in [4.69, 9.17) is 0 Å². The smallest absolute Gasteiger partial charge is 0.175 e. The second kappa shape index (κ2) is 4.73. The van der Waals surface area contributed by atoms with Crippen LogP contribution in [0.4, 0.5) is 0 Å². The number of nitriles is 3. The van der Waals surface area contributed by atoms with Gasteiger partial charge in [-0.3, -0.25) is 0 Å². The van der Waals surface area contributed by atoms with Crippen molar-refractivity contribution in [3.8, 4) is 18.2 Å². The summed E-state index contributed by atoms with van der Waals surface area (Å²) in [7, 11) is 0. The Morgan fingerprint density at radius 2 is 1.41 bits per heavy atom. The number of nitrogens with zero attached hydrogens (tertiary/aromatic N) is 3. The highest BCUT2D eigenvalue weighted by molar-refractivity contribution is 5.64. The van der Waals surface area contributed by atoms with Crippen molar-refractivity contribution < 1.29 is 0 Å². The van der Waals surface area contributed by atoms with Crippen LogP contribution in [-0.4, -0.2) is 0 Å². The molecule has 3 nitrogen and oxygen atoms in total. The zero-order valence-electron chi connectivity index (χ0n) is 12.1. The maximum atomic E-state index is 9.86. The van der Waals surface area contributed by atoms with Crippen LogP contribution in [0.1, 0.15) is 22.6 Å². The summed E-state index contributed by atoms with van der Waals surface area (Å²) in [6.07, 6.45) is 0. The predicted molar refractivity (Wildman–Crippen MR) is 81.3 cm³/mol. The lowest BCUT2D eigenvalue weighted by Crippen LogP contribution is -2.14. The lowest BCUT2D eigenvalue weighted by atomic mass is 9.88. The van der Waals surface area contributed by atoms with Crippen molar-refractivity contribution in [1.82, 2.24) is 0 Å². The average Bonchev–Trinajstić information content (AvgIpc) is 3.20. The first-order valence-corrected chi connectivity index (χ1v) is 7.02. The Hall–Kier alpha value is -3.09. The van der Waals surface area contributed by atoms with Crippen molar-refractivity contribution in [2.45, 2.75) is 18.3 Å². The summed E-state index contributed by atoms with van der Waals surface area (Å²) in [5, 5.41) is 29.2. The molecule has 0 aliphatic heterocycles. The van der Waals surface area contributed by atoms with E-state index in [0.29, 0.717) is 0 Å². The Labute approximate surface area is 129 Å². The Bertz CT molecular complexity index is 817. The van der Waals surface area contributed by atoms with Crippen molar-refractivity contribution >= 4 is 0 Å². The van der Waals surface area contributed by atoms with Gasteiger partial charge in [-0.15, -0.1) is 0 Å². The molecule has 0 bridgehead atoms. The van der Waals surface area contributed by atoms with Gasteiger partial charge in [0.1, 0.15) is 5.41 Å². The van der Waals surface area contributed by atoms with Crippen LogP contribution >= 0.6 is 0 Å². The Morgan fingerprint density at radius 3 is 1.91 bits per heavy atom. The Morgan fingerprint density at radius 1 is 0.818 bits per heavy atom. The van der Waals surface area contributed by atoms with Gasteiger partial charge in [-0.2, -0.15) is 15.8 Å². The number of aryl methyl sites for hydroxylation is 1. The molecule has 0 saturated heterocycles. The second-order valence-electron chi connectivity index (χ2n) is 5.66. The molecule has 0 spiro atoms. The van der Waals surface area contributed by atoms with E-state index >= 15 is 0 Å². The fourth-order valence-corrected chi connectivity index (χ4v) is 3.38. The van der Waals surface area contributed by atoms with Crippen LogP contribution in [0.25, 0.3) is 0 Å². The molecule has 3 rings (SSSR count). The molecule has 2 aromatic carbocycles. The first kappa shape index (κ1) is 13.9. The third-order valence-electron chi connectivity index (χ3n) is 4.57. The molecule has 104 valence electrons. The lowest BCUT2D eigenvalue weighted by molar-refractivity contribution is 0.742. The van der Waals surface area contributed by atoms with Crippen LogP contribution in [0, 0.1) is 46.3 Å². The van der Waals surface area contributed by atoms with Gasteiger partial charge in [0.25, 0.3) is 0 Å². The summed E-state index contributed by atoms with van der Waals surface area (Å²) in [6, 6.07) is 23.4. The Balaban J connectivity index is 2.23. The van der Waals surface area contributed by atoms with Crippen molar-refractivity contribution in [1.29, 1.82) is 15.8 Å². The third-order valence-corrected chi connectivity index (χ3v) is 4.57. The summed E-state index contributed by atoms with van der Waals surface area (Å²) in [5.74, 6) is -0.427. The third kappa shape index (κ3) is 1.53. The van der Waals surface area contributed by atoms with Gasteiger partial charge in [0.2, 0.25) is 0 Å². The number of benzene rings is 2. The van der Waals surface area contributed by atoms with Crippen LogP contribution < -0.4 is 0 Å². The van der Waals surface area contributed by atoms with E-state index in [2.05, 4.69) is 18.2 Å². The normalized spacial score (nSPS) is 24.5. The highest BCUT2D eigenvalue weighted by Crippen LogP contribution is 2.73. The van der Waals surface area contributed by atoms with E-state index in [-0.39, 0.29) is 0 Å². The zero-order valence-corrected chi connectivity index (χ0v) is 12.1. The summed E-state index contributed by atoms with van der Waals surface area (Å²) in [6.45, 7) is 1.96. The van der Waals surface area contributed by atoms with Gasteiger partial charge in [0, 0.05) is 5.92 Å². The predicted octanol–water partition coefficient (Wildman–Crippen LogP) is 3.59. The maximum Gasteiger partial charge on any atom is 0.175 e. The van der Waals surface area contributed by atoms with E-state index in [1.165, 1.54) is 0 Å². The van der Waals surface area contributed by atoms with E-state index in [0.717, 1.165) is 16.7 Å². The minimum atomic E-state index is -1.33. The van der Waals surface area contributed by atoms with Gasteiger partial charge in [-0.25, -0.2) is 0 Å². The molecule has 2 aromatic rings. The molecule has 0 heterocycles. The molecule has 0 unspecified atom stereocenters. The van der Waals surface area contributed by atoms with Crippen molar-refractivity contribution in [2.75, 3.05) is 0 Å². The minimum Gasteiger partial charge on any atom is -0.197 e. The summed E-state index contributed by atoms with van der Waals surface area (Å²) < 4.78 is 0. The maximum absolute atomic E-state index is 9.86. The fraction of sp³-hybridized carbons (Fsp3) is 0.211. The highest BCUT2D eigenvalue weighted by atomic mass is 14.8. The standard InChI is InChI=1S/C19H13N3/c1-14-7-9-16(10-8-14)19(13-22)17(18(19,11-20)12-21)15-5-3-2-4-6-15/h2-10,17H,1H3/t17-,19+/m0/s1. The Kier molecular flexibility index (Phi) is 2.98. The molecule has 1 aliphatic rings. The molecule has 2 atom stereocenters. The van der Waals surface area contributed by atoms with Crippen molar-refractivity contribution in [3.05, 3.63) is 71.3 Å². The monoisotopic (exact) mass is 283 g/mol. The minimum absolute atomic E-state index is 0.427.